The van der Waals surface area contributed by atoms with Crippen molar-refractivity contribution in [3.05, 3.63) is 11.8 Å². The van der Waals surface area contributed by atoms with Crippen molar-refractivity contribution < 1.29 is 19.1 Å². The Balaban J connectivity index is 2.07. The summed E-state index contributed by atoms with van der Waals surface area (Å²) in [5.41, 5.74) is 0.646. The van der Waals surface area contributed by atoms with Crippen LogP contribution in [0.25, 0.3) is 0 Å². The summed E-state index contributed by atoms with van der Waals surface area (Å²) >= 11 is 1.56. The van der Waals surface area contributed by atoms with Crippen molar-refractivity contribution >= 4 is 25.3 Å². The van der Waals surface area contributed by atoms with Crippen LogP contribution in [0.1, 0.15) is 6.42 Å². The molecule has 2 N–H and O–H groups in total. The van der Waals surface area contributed by atoms with Gasteiger partial charge >= 0.3 is 7.60 Å². The highest BCUT2D eigenvalue weighted by molar-refractivity contribution is 8.00. The Morgan fingerprint density at radius 3 is 2.93 bits per heavy atom. The van der Waals surface area contributed by atoms with Crippen LogP contribution in [-0.2, 0) is 9.36 Å². The number of carbonyl (C=O) groups is 1. The molecule has 0 aliphatic carbocycles. The van der Waals surface area contributed by atoms with Gasteiger partial charge in [0.25, 0.3) is 0 Å². The lowest BCUT2D eigenvalue weighted by Gasteiger charge is -2.41. The first-order valence-corrected chi connectivity index (χ1v) is 6.97. The minimum absolute atomic E-state index is 0.0328. The molecule has 1 atom stereocenters. The molecule has 14 heavy (non-hydrogen) atoms. The second-order valence-corrected chi connectivity index (χ2v) is 6.19. The summed E-state index contributed by atoms with van der Waals surface area (Å²) in [6.45, 7) is 0. The monoisotopic (exact) mass is 235 g/mol. The zero-order valence-electron chi connectivity index (χ0n) is 7.29. The van der Waals surface area contributed by atoms with Gasteiger partial charge in [0.15, 0.2) is 0 Å². The first-order valence-electron chi connectivity index (χ1n) is 4.12. The van der Waals surface area contributed by atoms with Gasteiger partial charge in [0.2, 0.25) is 5.91 Å². The van der Waals surface area contributed by atoms with Gasteiger partial charge in [0, 0.05) is 12.0 Å². The predicted molar refractivity (Wildman–Crippen MR) is 52.7 cm³/mol. The summed E-state index contributed by atoms with van der Waals surface area (Å²) in [6, 6.07) is 0. The smallest absolute Gasteiger partial charge is 0.324 e. The standard InChI is InChI=1S/C7H10NO4PS/c9-6-1-7-8(6)2-5(4-14-7)3-13(10,11)12/h2,7H,1,3-4H2,(H2,10,11,12)/t7-/m1/s1. The van der Waals surface area contributed by atoms with Crippen LogP contribution in [0.15, 0.2) is 11.8 Å². The first kappa shape index (κ1) is 10.2. The topological polar surface area (TPSA) is 77.8 Å². The van der Waals surface area contributed by atoms with E-state index in [9.17, 15) is 9.36 Å². The van der Waals surface area contributed by atoms with E-state index in [0.717, 1.165) is 0 Å². The van der Waals surface area contributed by atoms with Crippen LogP contribution >= 0.6 is 19.4 Å². The molecule has 0 spiro atoms. The van der Waals surface area contributed by atoms with E-state index >= 15 is 0 Å². The van der Waals surface area contributed by atoms with E-state index in [2.05, 4.69) is 0 Å². The summed E-state index contributed by atoms with van der Waals surface area (Å²) in [5, 5.41) is 0.197. The predicted octanol–water partition coefficient (Wildman–Crippen LogP) is 0.353. The van der Waals surface area contributed by atoms with Crippen molar-refractivity contribution in [3.63, 3.8) is 0 Å². The summed E-state index contributed by atoms with van der Waals surface area (Å²) in [7, 11) is -4.00. The molecular weight excluding hydrogens is 225 g/mol. The number of carbonyl (C=O) groups excluding carboxylic acids is 1. The van der Waals surface area contributed by atoms with Crippen LogP contribution in [0.2, 0.25) is 0 Å². The molecule has 2 aliphatic rings. The fraction of sp³-hybridized carbons (Fsp3) is 0.571. The number of hydrogen-bond acceptors (Lipinski definition) is 3. The minimum atomic E-state index is -4.00. The molecule has 2 heterocycles. The van der Waals surface area contributed by atoms with Crippen LogP contribution in [0.4, 0.5) is 0 Å². The minimum Gasteiger partial charge on any atom is -0.324 e. The SMILES string of the molecule is O=C1C[C@H]2SCC(CP(=O)(O)O)=CN12. The van der Waals surface area contributed by atoms with Crippen LogP contribution in [0.3, 0.4) is 0 Å². The van der Waals surface area contributed by atoms with E-state index < -0.39 is 7.60 Å². The molecule has 2 aliphatic heterocycles. The Kier molecular flexibility index (Phi) is 2.47. The molecule has 0 aromatic heterocycles. The third-order valence-corrected chi connectivity index (χ3v) is 4.27. The van der Waals surface area contributed by atoms with Gasteiger partial charge in [-0.3, -0.25) is 9.36 Å². The van der Waals surface area contributed by atoms with Gasteiger partial charge < -0.3 is 14.7 Å². The number of β-lactam (4-membered cyclic amide) rings is 1. The molecule has 1 fully saturated rings. The number of hydrogen-bond donors (Lipinski definition) is 2. The molecule has 0 aromatic rings. The molecule has 0 saturated carbocycles. The highest BCUT2D eigenvalue weighted by Gasteiger charge is 2.38. The maximum absolute atomic E-state index is 11.0. The van der Waals surface area contributed by atoms with E-state index in [1.54, 1.807) is 22.9 Å². The molecule has 0 aromatic carbocycles. The molecule has 78 valence electrons. The average Bonchev–Trinajstić information content (AvgIpc) is 2.04. The van der Waals surface area contributed by atoms with Gasteiger partial charge in [-0.1, -0.05) is 0 Å². The van der Waals surface area contributed by atoms with E-state index in [1.807, 2.05) is 0 Å². The van der Waals surface area contributed by atoms with E-state index in [0.29, 0.717) is 17.7 Å². The highest BCUT2D eigenvalue weighted by atomic mass is 32.2. The Bertz CT molecular complexity index is 350. The lowest BCUT2D eigenvalue weighted by molar-refractivity contribution is -0.137. The molecular formula is C7H10NO4PS. The van der Waals surface area contributed by atoms with Crippen molar-refractivity contribution in [3.8, 4) is 0 Å². The van der Waals surface area contributed by atoms with Gasteiger partial charge in [-0.05, 0) is 5.57 Å². The number of rotatable bonds is 2. The van der Waals surface area contributed by atoms with Crippen molar-refractivity contribution in [1.82, 2.24) is 4.90 Å². The first-order chi connectivity index (χ1) is 6.46. The molecule has 5 nitrogen and oxygen atoms in total. The van der Waals surface area contributed by atoms with Crippen LogP contribution in [-0.4, -0.2) is 37.9 Å². The number of thioether (sulfide) groups is 1. The molecule has 7 heteroatoms. The zero-order chi connectivity index (χ0) is 10.3. The fourth-order valence-corrected chi connectivity index (χ4v) is 3.54. The van der Waals surface area contributed by atoms with E-state index in [4.69, 9.17) is 9.79 Å². The van der Waals surface area contributed by atoms with Gasteiger partial charge in [-0.2, -0.15) is 0 Å². The third kappa shape index (κ3) is 2.03. The molecule has 2 rings (SSSR count). The van der Waals surface area contributed by atoms with E-state index in [1.165, 1.54) is 0 Å². The number of nitrogens with zero attached hydrogens (tertiary/aromatic N) is 1. The Hall–Kier alpha value is -0.290. The maximum Gasteiger partial charge on any atom is 0.329 e. The lowest BCUT2D eigenvalue weighted by atomic mass is 10.2. The summed E-state index contributed by atoms with van der Waals surface area (Å²) in [6.07, 6.45) is 1.90. The summed E-state index contributed by atoms with van der Waals surface area (Å²) in [4.78, 5) is 30.1. The average molecular weight is 235 g/mol. The number of fused-ring (bicyclic) bond motifs is 1. The maximum atomic E-state index is 11.0. The summed E-state index contributed by atoms with van der Waals surface area (Å²) in [5.74, 6) is 0.643. The van der Waals surface area contributed by atoms with Crippen molar-refractivity contribution in [2.24, 2.45) is 0 Å². The van der Waals surface area contributed by atoms with Gasteiger partial charge in [0.1, 0.15) is 0 Å². The molecule has 1 saturated heterocycles. The second-order valence-electron chi connectivity index (χ2n) is 3.38. The van der Waals surface area contributed by atoms with Crippen molar-refractivity contribution in [2.45, 2.75) is 11.8 Å². The highest BCUT2D eigenvalue weighted by Crippen LogP contribution is 2.42. The van der Waals surface area contributed by atoms with Gasteiger partial charge in [0.05, 0.1) is 18.0 Å². The Morgan fingerprint density at radius 1 is 1.64 bits per heavy atom. The quantitative estimate of drug-likeness (QED) is 0.533. The Morgan fingerprint density at radius 2 is 2.36 bits per heavy atom. The van der Waals surface area contributed by atoms with Crippen molar-refractivity contribution in [2.75, 3.05) is 11.9 Å². The molecule has 0 unspecified atom stereocenters. The molecule has 0 radical (unpaired) electrons. The van der Waals surface area contributed by atoms with Gasteiger partial charge in [-0.15, -0.1) is 11.8 Å². The zero-order valence-corrected chi connectivity index (χ0v) is 9.00. The molecule has 1 amide bonds. The van der Waals surface area contributed by atoms with Crippen LogP contribution in [0, 0.1) is 0 Å². The largest absolute Gasteiger partial charge is 0.329 e. The number of amides is 1. The van der Waals surface area contributed by atoms with Crippen LogP contribution in [0.5, 0.6) is 0 Å². The van der Waals surface area contributed by atoms with E-state index in [-0.39, 0.29) is 17.4 Å². The normalized spacial score (nSPS) is 26.7. The second kappa shape index (κ2) is 3.38. The fourth-order valence-electron chi connectivity index (χ4n) is 1.48. The lowest BCUT2D eigenvalue weighted by Crippen LogP contribution is -2.49. The van der Waals surface area contributed by atoms with Crippen molar-refractivity contribution in [1.29, 1.82) is 0 Å². The van der Waals surface area contributed by atoms with Gasteiger partial charge in [-0.25, -0.2) is 0 Å². The molecule has 0 bridgehead atoms. The summed E-state index contributed by atoms with van der Waals surface area (Å²) < 4.78 is 10.7. The third-order valence-electron chi connectivity index (χ3n) is 2.14. The Labute approximate surface area is 85.3 Å². The van der Waals surface area contributed by atoms with Crippen LogP contribution < -0.4 is 0 Å².